The highest BCUT2D eigenvalue weighted by Gasteiger charge is 2.18. The summed E-state index contributed by atoms with van der Waals surface area (Å²) in [6, 6.07) is 6.03. The topological polar surface area (TPSA) is 32.8 Å². The summed E-state index contributed by atoms with van der Waals surface area (Å²) in [5.74, 6) is 1.04. The van der Waals surface area contributed by atoms with Crippen LogP contribution >= 0.6 is 0 Å². The molecule has 1 aliphatic heterocycles. The number of ether oxygens (including phenoxy) is 1. The summed E-state index contributed by atoms with van der Waals surface area (Å²) in [6.07, 6.45) is 0.455. The minimum atomic E-state index is 0.196. The second-order valence-electron chi connectivity index (χ2n) is 5.53. The number of benzene rings is 1. The first-order chi connectivity index (χ1) is 9.56. The number of carbonyl (C=O) groups is 1. The molecule has 1 heterocycles. The molecule has 0 aromatic heterocycles. The van der Waals surface area contributed by atoms with Gasteiger partial charge in [-0.2, -0.15) is 0 Å². The Bertz CT molecular complexity index is 466. The van der Waals surface area contributed by atoms with Gasteiger partial charge in [-0.05, 0) is 44.2 Å². The van der Waals surface area contributed by atoms with Crippen molar-refractivity contribution < 1.29 is 9.53 Å². The van der Waals surface area contributed by atoms with Crippen molar-refractivity contribution in [3.8, 4) is 5.75 Å². The maximum atomic E-state index is 12.0. The van der Waals surface area contributed by atoms with Gasteiger partial charge >= 0.3 is 0 Å². The van der Waals surface area contributed by atoms with E-state index in [1.54, 1.807) is 0 Å². The molecular formula is C16H24N2O2. The summed E-state index contributed by atoms with van der Waals surface area (Å²) < 4.78 is 5.67. The zero-order valence-electron chi connectivity index (χ0n) is 12.7. The Morgan fingerprint density at radius 1 is 1.15 bits per heavy atom. The first kappa shape index (κ1) is 14.9. The molecule has 0 bridgehead atoms. The molecule has 2 rings (SSSR count). The van der Waals surface area contributed by atoms with Gasteiger partial charge in [-0.25, -0.2) is 0 Å². The van der Waals surface area contributed by atoms with Gasteiger partial charge < -0.3 is 14.5 Å². The van der Waals surface area contributed by atoms with E-state index < -0.39 is 0 Å². The van der Waals surface area contributed by atoms with Gasteiger partial charge in [0.05, 0.1) is 13.0 Å². The van der Waals surface area contributed by atoms with Crippen LogP contribution in [0.15, 0.2) is 18.2 Å². The van der Waals surface area contributed by atoms with Crippen LogP contribution in [0.4, 0.5) is 0 Å². The monoisotopic (exact) mass is 276 g/mol. The van der Waals surface area contributed by atoms with Gasteiger partial charge in [-0.15, -0.1) is 0 Å². The molecule has 0 aliphatic carbocycles. The number of hydrogen-bond donors (Lipinski definition) is 0. The van der Waals surface area contributed by atoms with Crippen molar-refractivity contribution in [2.75, 3.05) is 39.8 Å². The quantitative estimate of drug-likeness (QED) is 0.841. The normalized spacial score (nSPS) is 16.2. The average Bonchev–Trinajstić information content (AvgIpc) is 2.43. The van der Waals surface area contributed by atoms with Crippen LogP contribution in [0.25, 0.3) is 0 Å². The predicted octanol–water partition coefficient (Wildman–Crippen LogP) is 1.85. The number of rotatable bonds is 4. The minimum absolute atomic E-state index is 0.196. The van der Waals surface area contributed by atoms with Gasteiger partial charge in [-0.1, -0.05) is 6.07 Å². The van der Waals surface area contributed by atoms with Gasteiger partial charge in [0, 0.05) is 26.2 Å². The van der Waals surface area contributed by atoms with Crippen molar-refractivity contribution in [3.05, 3.63) is 29.3 Å². The molecule has 1 aliphatic rings. The zero-order chi connectivity index (χ0) is 14.5. The maximum Gasteiger partial charge on any atom is 0.226 e. The van der Waals surface area contributed by atoms with Crippen LogP contribution in [0.5, 0.6) is 5.75 Å². The standard InChI is InChI=1S/C16H24N2O2/c1-13-4-5-15(12-14(13)2)20-11-6-16(19)18-9-7-17(3)8-10-18/h4-5,12H,6-11H2,1-3H3. The minimum Gasteiger partial charge on any atom is -0.493 e. The Balaban J connectivity index is 1.75. The Morgan fingerprint density at radius 3 is 2.50 bits per heavy atom. The van der Waals surface area contributed by atoms with Crippen LogP contribution in [0.3, 0.4) is 0 Å². The number of amides is 1. The molecule has 4 heteroatoms. The summed E-state index contributed by atoms with van der Waals surface area (Å²) in [7, 11) is 2.09. The number of hydrogen-bond acceptors (Lipinski definition) is 3. The number of nitrogens with zero attached hydrogens (tertiary/aromatic N) is 2. The van der Waals surface area contributed by atoms with Gasteiger partial charge in [0.1, 0.15) is 5.75 Å². The molecule has 110 valence electrons. The van der Waals surface area contributed by atoms with E-state index in [4.69, 9.17) is 4.74 Å². The fourth-order valence-corrected chi connectivity index (χ4v) is 2.27. The number of aryl methyl sites for hydroxylation is 2. The van der Waals surface area contributed by atoms with Gasteiger partial charge in [0.25, 0.3) is 0 Å². The van der Waals surface area contributed by atoms with Crippen molar-refractivity contribution in [2.24, 2.45) is 0 Å². The molecule has 0 N–H and O–H groups in total. The fourth-order valence-electron chi connectivity index (χ4n) is 2.27. The SMILES string of the molecule is Cc1ccc(OCCC(=O)N2CCN(C)CC2)cc1C. The molecule has 1 aromatic rings. The highest BCUT2D eigenvalue weighted by atomic mass is 16.5. The van der Waals surface area contributed by atoms with E-state index >= 15 is 0 Å². The smallest absolute Gasteiger partial charge is 0.226 e. The van der Waals surface area contributed by atoms with E-state index in [2.05, 4.69) is 25.8 Å². The second-order valence-corrected chi connectivity index (χ2v) is 5.53. The molecule has 1 fully saturated rings. The molecule has 0 spiro atoms. The highest BCUT2D eigenvalue weighted by molar-refractivity contribution is 5.76. The van der Waals surface area contributed by atoms with E-state index in [-0.39, 0.29) is 5.91 Å². The molecule has 0 unspecified atom stereocenters. The first-order valence-corrected chi connectivity index (χ1v) is 7.22. The van der Waals surface area contributed by atoms with Crippen LogP contribution in [-0.2, 0) is 4.79 Å². The molecular weight excluding hydrogens is 252 g/mol. The van der Waals surface area contributed by atoms with Crippen molar-refractivity contribution in [1.82, 2.24) is 9.80 Å². The van der Waals surface area contributed by atoms with Crippen LogP contribution in [0.2, 0.25) is 0 Å². The van der Waals surface area contributed by atoms with Crippen molar-refractivity contribution in [1.29, 1.82) is 0 Å². The third-order valence-electron chi connectivity index (χ3n) is 3.92. The third kappa shape index (κ3) is 3.97. The number of piperazine rings is 1. The average molecular weight is 276 g/mol. The molecule has 0 radical (unpaired) electrons. The van der Waals surface area contributed by atoms with Crippen LogP contribution in [0, 0.1) is 13.8 Å². The van der Waals surface area contributed by atoms with E-state index in [1.807, 2.05) is 23.1 Å². The molecule has 20 heavy (non-hydrogen) atoms. The first-order valence-electron chi connectivity index (χ1n) is 7.22. The Labute approximate surface area is 121 Å². The molecule has 1 amide bonds. The van der Waals surface area contributed by atoms with Crippen molar-refractivity contribution in [3.63, 3.8) is 0 Å². The summed E-state index contributed by atoms with van der Waals surface area (Å²) in [5, 5.41) is 0. The fraction of sp³-hybridized carbons (Fsp3) is 0.562. The Morgan fingerprint density at radius 2 is 1.85 bits per heavy atom. The number of likely N-dealkylation sites (N-methyl/N-ethyl adjacent to an activating group) is 1. The summed E-state index contributed by atoms with van der Waals surface area (Å²) in [5.41, 5.74) is 2.47. The van der Waals surface area contributed by atoms with Gasteiger partial charge in [0.2, 0.25) is 5.91 Å². The molecule has 1 saturated heterocycles. The van der Waals surface area contributed by atoms with Gasteiger partial charge in [-0.3, -0.25) is 4.79 Å². The van der Waals surface area contributed by atoms with Crippen LogP contribution in [0.1, 0.15) is 17.5 Å². The molecule has 1 aromatic carbocycles. The Hall–Kier alpha value is -1.55. The van der Waals surface area contributed by atoms with Crippen LogP contribution < -0.4 is 4.74 Å². The lowest BCUT2D eigenvalue weighted by atomic mass is 10.1. The van der Waals surface area contributed by atoms with Crippen molar-refractivity contribution in [2.45, 2.75) is 20.3 Å². The molecule has 4 nitrogen and oxygen atoms in total. The van der Waals surface area contributed by atoms with E-state index in [0.717, 1.165) is 31.9 Å². The molecule has 0 atom stereocenters. The van der Waals surface area contributed by atoms with E-state index in [0.29, 0.717) is 13.0 Å². The third-order valence-corrected chi connectivity index (χ3v) is 3.92. The van der Waals surface area contributed by atoms with Crippen LogP contribution in [-0.4, -0.2) is 55.5 Å². The summed E-state index contributed by atoms with van der Waals surface area (Å²) >= 11 is 0. The summed E-state index contributed by atoms with van der Waals surface area (Å²) in [6.45, 7) is 8.19. The number of carbonyl (C=O) groups excluding carboxylic acids is 1. The van der Waals surface area contributed by atoms with E-state index in [9.17, 15) is 4.79 Å². The zero-order valence-corrected chi connectivity index (χ0v) is 12.7. The van der Waals surface area contributed by atoms with E-state index in [1.165, 1.54) is 11.1 Å². The lowest BCUT2D eigenvalue weighted by molar-refractivity contribution is -0.133. The maximum absolute atomic E-state index is 12.0. The Kier molecular flexibility index (Phi) is 5.01. The summed E-state index contributed by atoms with van der Waals surface area (Å²) in [4.78, 5) is 16.2. The van der Waals surface area contributed by atoms with Gasteiger partial charge in [0.15, 0.2) is 0 Å². The lowest BCUT2D eigenvalue weighted by Gasteiger charge is -2.32. The molecule has 0 saturated carbocycles. The highest BCUT2D eigenvalue weighted by Crippen LogP contribution is 2.16. The largest absolute Gasteiger partial charge is 0.493 e. The lowest BCUT2D eigenvalue weighted by Crippen LogP contribution is -2.47. The second kappa shape index (κ2) is 6.75. The predicted molar refractivity (Wildman–Crippen MR) is 80.1 cm³/mol. The van der Waals surface area contributed by atoms with Crippen molar-refractivity contribution >= 4 is 5.91 Å².